The summed E-state index contributed by atoms with van der Waals surface area (Å²) in [5, 5.41) is 2.73. The Hall–Kier alpha value is -2.78. The standard InChI is InChI=1S/C20H25N3O5S/c1-23(13-14-4-8-16(27-2)9-5-14)20(24)21-18-12-17(10-11-19(18)28-3)29(25,26)22-15-6-7-15/h4-5,8-12,15,22H,6-7,13H2,1-3H3,(H,21,24). The van der Waals surface area contributed by atoms with Crippen LogP contribution in [0.15, 0.2) is 47.4 Å². The van der Waals surface area contributed by atoms with Crippen molar-refractivity contribution in [1.29, 1.82) is 0 Å². The Morgan fingerprint density at radius 2 is 1.79 bits per heavy atom. The lowest BCUT2D eigenvalue weighted by atomic mass is 10.2. The molecule has 1 saturated carbocycles. The molecule has 156 valence electrons. The topological polar surface area (TPSA) is 97.0 Å². The third kappa shape index (κ3) is 5.39. The highest BCUT2D eigenvalue weighted by atomic mass is 32.2. The van der Waals surface area contributed by atoms with Crippen LogP contribution in [-0.2, 0) is 16.6 Å². The molecule has 0 spiro atoms. The molecule has 0 bridgehead atoms. The van der Waals surface area contributed by atoms with Gasteiger partial charge in [-0.3, -0.25) is 0 Å². The Morgan fingerprint density at radius 3 is 2.38 bits per heavy atom. The minimum atomic E-state index is -3.64. The summed E-state index contributed by atoms with van der Waals surface area (Å²) in [5.41, 5.74) is 1.22. The fraction of sp³-hybridized carbons (Fsp3) is 0.350. The molecule has 0 atom stereocenters. The third-order valence-corrected chi connectivity index (χ3v) is 6.07. The van der Waals surface area contributed by atoms with Gasteiger partial charge in [0, 0.05) is 19.6 Å². The van der Waals surface area contributed by atoms with Crippen molar-refractivity contribution in [2.45, 2.75) is 30.3 Å². The van der Waals surface area contributed by atoms with E-state index in [2.05, 4.69) is 10.0 Å². The summed E-state index contributed by atoms with van der Waals surface area (Å²) >= 11 is 0. The van der Waals surface area contributed by atoms with Gasteiger partial charge in [-0.25, -0.2) is 17.9 Å². The fourth-order valence-electron chi connectivity index (χ4n) is 2.73. The van der Waals surface area contributed by atoms with E-state index >= 15 is 0 Å². The molecule has 29 heavy (non-hydrogen) atoms. The summed E-state index contributed by atoms with van der Waals surface area (Å²) in [5.74, 6) is 1.12. The number of hydrogen-bond donors (Lipinski definition) is 2. The number of ether oxygens (including phenoxy) is 2. The number of sulfonamides is 1. The van der Waals surface area contributed by atoms with Crippen LogP contribution in [-0.4, -0.2) is 46.7 Å². The van der Waals surface area contributed by atoms with Gasteiger partial charge in [0.2, 0.25) is 10.0 Å². The Balaban J connectivity index is 1.72. The van der Waals surface area contributed by atoms with Gasteiger partial charge in [-0.15, -0.1) is 0 Å². The molecule has 0 radical (unpaired) electrons. The number of methoxy groups -OCH3 is 2. The normalized spacial score (nSPS) is 13.6. The van der Waals surface area contributed by atoms with Crippen LogP contribution in [0.25, 0.3) is 0 Å². The number of carbonyl (C=O) groups is 1. The number of carbonyl (C=O) groups excluding carboxylic acids is 1. The molecule has 2 aromatic rings. The van der Waals surface area contributed by atoms with Crippen LogP contribution in [0.4, 0.5) is 10.5 Å². The SMILES string of the molecule is COc1ccc(CN(C)C(=O)Nc2cc(S(=O)(=O)NC3CC3)ccc2OC)cc1. The predicted molar refractivity (Wildman–Crippen MR) is 110 cm³/mol. The van der Waals surface area contributed by atoms with Crippen LogP contribution < -0.4 is 19.5 Å². The van der Waals surface area contributed by atoms with E-state index in [0.717, 1.165) is 24.2 Å². The first-order chi connectivity index (χ1) is 13.8. The molecule has 2 amide bonds. The van der Waals surface area contributed by atoms with Crippen molar-refractivity contribution >= 4 is 21.7 Å². The van der Waals surface area contributed by atoms with Crippen LogP contribution in [0, 0.1) is 0 Å². The quantitative estimate of drug-likeness (QED) is 0.686. The summed E-state index contributed by atoms with van der Waals surface area (Å²) in [4.78, 5) is 14.2. The molecule has 0 heterocycles. The lowest BCUT2D eigenvalue weighted by molar-refractivity contribution is 0.220. The van der Waals surface area contributed by atoms with Crippen molar-refractivity contribution in [2.24, 2.45) is 0 Å². The van der Waals surface area contributed by atoms with Crippen LogP contribution in [0.1, 0.15) is 18.4 Å². The van der Waals surface area contributed by atoms with Crippen molar-refractivity contribution < 1.29 is 22.7 Å². The highest BCUT2D eigenvalue weighted by Crippen LogP contribution is 2.29. The van der Waals surface area contributed by atoms with Gasteiger partial charge >= 0.3 is 6.03 Å². The Kier molecular flexibility index (Phi) is 6.29. The molecule has 0 aliphatic heterocycles. The first-order valence-electron chi connectivity index (χ1n) is 9.18. The van der Waals surface area contributed by atoms with Gasteiger partial charge in [0.25, 0.3) is 0 Å². The maximum Gasteiger partial charge on any atom is 0.321 e. The van der Waals surface area contributed by atoms with E-state index in [-0.39, 0.29) is 22.7 Å². The average Bonchev–Trinajstić information content (AvgIpc) is 3.51. The maximum absolute atomic E-state index is 12.6. The minimum Gasteiger partial charge on any atom is -0.497 e. The average molecular weight is 420 g/mol. The summed E-state index contributed by atoms with van der Waals surface area (Å²) in [7, 11) is 1.07. The van der Waals surface area contributed by atoms with E-state index < -0.39 is 10.0 Å². The lowest BCUT2D eigenvalue weighted by Gasteiger charge is -2.20. The largest absolute Gasteiger partial charge is 0.497 e. The molecule has 3 rings (SSSR count). The first kappa shape index (κ1) is 20.9. The second-order valence-corrected chi connectivity index (χ2v) is 8.61. The third-order valence-electron chi connectivity index (χ3n) is 4.55. The van der Waals surface area contributed by atoms with Crippen molar-refractivity contribution in [1.82, 2.24) is 9.62 Å². The van der Waals surface area contributed by atoms with Gasteiger partial charge in [-0.2, -0.15) is 0 Å². The summed E-state index contributed by atoms with van der Waals surface area (Å²) in [6, 6.07) is 11.4. The number of rotatable bonds is 8. The molecule has 0 saturated heterocycles. The van der Waals surface area contributed by atoms with Crippen LogP contribution in [0.5, 0.6) is 11.5 Å². The number of urea groups is 1. The highest BCUT2D eigenvalue weighted by Gasteiger charge is 2.28. The Morgan fingerprint density at radius 1 is 1.10 bits per heavy atom. The van der Waals surface area contributed by atoms with Crippen LogP contribution in [0.3, 0.4) is 0 Å². The first-order valence-corrected chi connectivity index (χ1v) is 10.7. The number of nitrogens with zero attached hydrogens (tertiary/aromatic N) is 1. The second-order valence-electron chi connectivity index (χ2n) is 6.89. The zero-order valence-corrected chi connectivity index (χ0v) is 17.5. The molecule has 2 aromatic carbocycles. The van der Waals surface area contributed by atoms with Crippen molar-refractivity contribution in [3.63, 3.8) is 0 Å². The van der Waals surface area contributed by atoms with E-state index in [1.54, 1.807) is 14.2 Å². The molecule has 2 N–H and O–H groups in total. The van der Waals surface area contributed by atoms with Crippen molar-refractivity contribution in [2.75, 3.05) is 26.6 Å². The van der Waals surface area contributed by atoms with Gasteiger partial charge in [-0.05, 0) is 48.7 Å². The van der Waals surface area contributed by atoms with E-state index in [9.17, 15) is 13.2 Å². The summed E-state index contributed by atoms with van der Waals surface area (Å²) in [6.07, 6.45) is 1.68. The minimum absolute atomic E-state index is 0.00391. The molecular formula is C20H25N3O5S. The summed E-state index contributed by atoms with van der Waals surface area (Å²) < 4.78 is 38.0. The van der Waals surface area contributed by atoms with Gasteiger partial charge in [0.05, 0.1) is 24.8 Å². The molecule has 0 unspecified atom stereocenters. The molecule has 1 aliphatic rings. The second kappa shape index (κ2) is 8.71. The molecule has 8 nitrogen and oxygen atoms in total. The van der Waals surface area contributed by atoms with E-state index in [1.165, 1.54) is 30.2 Å². The highest BCUT2D eigenvalue weighted by molar-refractivity contribution is 7.89. The monoisotopic (exact) mass is 419 g/mol. The Bertz CT molecular complexity index is 972. The molecular weight excluding hydrogens is 394 g/mol. The van der Waals surface area contributed by atoms with Gasteiger partial charge < -0.3 is 19.7 Å². The lowest BCUT2D eigenvalue weighted by Crippen LogP contribution is -2.31. The fourth-order valence-corrected chi connectivity index (χ4v) is 4.06. The number of nitrogens with one attached hydrogen (secondary N) is 2. The van der Waals surface area contributed by atoms with Crippen LogP contribution >= 0.6 is 0 Å². The zero-order chi connectivity index (χ0) is 21.0. The van der Waals surface area contributed by atoms with Gasteiger partial charge in [0.15, 0.2) is 0 Å². The summed E-state index contributed by atoms with van der Waals surface area (Å²) in [6.45, 7) is 0.374. The van der Waals surface area contributed by atoms with Crippen molar-refractivity contribution in [3.8, 4) is 11.5 Å². The van der Waals surface area contributed by atoms with E-state index in [0.29, 0.717) is 12.3 Å². The molecule has 1 fully saturated rings. The Labute approximate surface area is 170 Å². The van der Waals surface area contributed by atoms with Crippen LogP contribution in [0.2, 0.25) is 0 Å². The smallest absolute Gasteiger partial charge is 0.321 e. The van der Waals surface area contributed by atoms with Gasteiger partial charge in [0.1, 0.15) is 11.5 Å². The van der Waals surface area contributed by atoms with E-state index in [1.807, 2.05) is 24.3 Å². The zero-order valence-electron chi connectivity index (χ0n) is 16.6. The molecule has 0 aromatic heterocycles. The number of hydrogen-bond acceptors (Lipinski definition) is 5. The predicted octanol–water partition coefficient (Wildman–Crippen LogP) is 2.81. The number of anilines is 1. The number of amides is 2. The van der Waals surface area contributed by atoms with Crippen molar-refractivity contribution in [3.05, 3.63) is 48.0 Å². The van der Waals surface area contributed by atoms with Gasteiger partial charge in [-0.1, -0.05) is 12.1 Å². The molecule has 1 aliphatic carbocycles. The molecule has 9 heteroatoms. The maximum atomic E-state index is 12.6. The number of benzene rings is 2. The van der Waals surface area contributed by atoms with E-state index in [4.69, 9.17) is 9.47 Å².